The maximum absolute atomic E-state index is 5.70. The molecule has 2 unspecified atom stereocenters. The predicted octanol–water partition coefficient (Wildman–Crippen LogP) is 2.92. The third-order valence-corrected chi connectivity index (χ3v) is 3.52. The van der Waals surface area contributed by atoms with Gasteiger partial charge in [-0.05, 0) is 54.0 Å². The summed E-state index contributed by atoms with van der Waals surface area (Å²) in [5.41, 5.74) is 7.44. The number of nitrogens with two attached hydrogens (primary N) is 1. The Labute approximate surface area is 113 Å². The second kappa shape index (κ2) is 5.82. The van der Waals surface area contributed by atoms with Gasteiger partial charge in [0, 0.05) is 11.3 Å². The molecule has 0 aliphatic rings. The summed E-state index contributed by atoms with van der Waals surface area (Å²) in [6.07, 6.45) is 2.24. The highest BCUT2D eigenvalue weighted by Crippen LogP contribution is 2.24. The molecule has 0 saturated carbocycles. The molecule has 2 rings (SSSR count). The number of benzene rings is 1. The molecule has 1 aromatic heterocycles. The fourth-order valence-corrected chi connectivity index (χ4v) is 2.16. The van der Waals surface area contributed by atoms with Crippen LogP contribution >= 0.6 is 0 Å². The molecule has 2 N–H and O–H groups in total. The Morgan fingerprint density at radius 1 is 1.21 bits per heavy atom. The number of hydrogen-bond donors (Lipinski definition) is 1. The van der Waals surface area contributed by atoms with E-state index in [0.29, 0.717) is 5.92 Å². The zero-order valence-electron chi connectivity index (χ0n) is 11.7. The van der Waals surface area contributed by atoms with Crippen molar-refractivity contribution < 1.29 is 0 Å². The lowest BCUT2D eigenvalue weighted by Gasteiger charge is -2.17. The zero-order chi connectivity index (χ0) is 13.8. The second-order valence-electron chi connectivity index (χ2n) is 5.17. The van der Waals surface area contributed by atoms with Crippen molar-refractivity contribution in [3.63, 3.8) is 0 Å². The molecule has 2 aromatic rings. The molecule has 5 heteroatoms. The van der Waals surface area contributed by atoms with Gasteiger partial charge in [0.15, 0.2) is 5.82 Å². The number of hydrogen-bond acceptors (Lipinski definition) is 4. The average molecular weight is 259 g/mol. The summed E-state index contributed by atoms with van der Waals surface area (Å²) in [4.78, 5) is 0. The van der Waals surface area contributed by atoms with Crippen molar-refractivity contribution in [2.45, 2.75) is 39.7 Å². The van der Waals surface area contributed by atoms with Crippen LogP contribution in [0.4, 0.5) is 5.69 Å². The quantitative estimate of drug-likeness (QED) is 0.838. The molecule has 5 nitrogen and oxygen atoms in total. The Morgan fingerprint density at radius 3 is 2.53 bits per heavy atom. The van der Waals surface area contributed by atoms with E-state index in [4.69, 9.17) is 5.73 Å². The summed E-state index contributed by atoms with van der Waals surface area (Å²) in [6, 6.07) is 7.93. The molecular weight excluding hydrogens is 238 g/mol. The third kappa shape index (κ3) is 3.10. The highest BCUT2D eigenvalue weighted by molar-refractivity contribution is 5.58. The van der Waals surface area contributed by atoms with Gasteiger partial charge in [-0.1, -0.05) is 20.3 Å². The number of nitrogens with zero attached hydrogens (tertiary/aromatic N) is 4. The number of aromatic nitrogens is 4. The topological polar surface area (TPSA) is 69.6 Å². The Morgan fingerprint density at radius 2 is 1.89 bits per heavy atom. The zero-order valence-corrected chi connectivity index (χ0v) is 11.7. The van der Waals surface area contributed by atoms with Gasteiger partial charge in [-0.15, -0.1) is 5.10 Å². The van der Waals surface area contributed by atoms with Gasteiger partial charge in [-0.3, -0.25) is 0 Å². The first-order valence-corrected chi connectivity index (χ1v) is 6.75. The van der Waals surface area contributed by atoms with Crippen molar-refractivity contribution >= 4 is 5.69 Å². The van der Waals surface area contributed by atoms with Crippen LogP contribution in [0, 0.1) is 5.92 Å². The maximum Gasteiger partial charge on any atom is 0.182 e. The van der Waals surface area contributed by atoms with Crippen molar-refractivity contribution in [1.29, 1.82) is 0 Å². The van der Waals surface area contributed by atoms with Crippen molar-refractivity contribution in [1.82, 2.24) is 20.2 Å². The van der Waals surface area contributed by atoms with Crippen LogP contribution in [0.15, 0.2) is 24.3 Å². The molecule has 1 heterocycles. The molecule has 0 spiro atoms. The Hall–Kier alpha value is -1.91. The summed E-state index contributed by atoms with van der Waals surface area (Å²) >= 11 is 0. The van der Waals surface area contributed by atoms with Gasteiger partial charge in [0.05, 0.1) is 6.04 Å². The van der Waals surface area contributed by atoms with Gasteiger partial charge in [0.2, 0.25) is 0 Å². The minimum atomic E-state index is 0.289. The number of anilines is 1. The average Bonchev–Trinajstić information content (AvgIpc) is 2.88. The normalized spacial score (nSPS) is 14.3. The Kier molecular flexibility index (Phi) is 4.14. The van der Waals surface area contributed by atoms with E-state index in [-0.39, 0.29) is 6.04 Å². The molecule has 0 bridgehead atoms. The summed E-state index contributed by atoms with van der Waals surface area (Å²) in [7, 11) is 0. The fraction of sp³-hybridized carbons (Fsp3) is 0.500. The number of rotatable bonds is 5. The van der Waals surface area contributed by atoms with E-state index in [1.807, 2.05) is 28.9 Å². The van der Waals surface area contributed by atoms with Crippen LogP contribution in [-0.2, 0) is 0 Å². The summed E-state index contributed by atoms with van der Waals surface area (Å²) in [6.45, 7) is 6.62. The van der Waals surface area contributed by atoms with Crippen molar-refractivity contribution in [2.75, 3.05) is 5.73 Å². The van der Waals surface area contributed by atoms with Gasteiger partial charge in [-0.25, -0.2) is 4.68 Å². The molecule has 1 aromatic carbocycles. The van der Waals surface area contributed by atoms with Crippen LogP contribution in [0.2, 0.25) is 0 Å². The molecule has 0 amide bonds. The predicted molar refractivity (Wildman–Crippen MR) is 76.4 cm³/mol. The largest absolute Gasteiger partial charge is 0.399 e. The summed E-state index contributed by atoms with van der Waals surface area (Å²) < 4.78 is 1.90. The van der Waals surface area contributed by atoms with Crippen LogP contribution in [0.5, 0.6) is 0 Å². The molecule has 102 valence electrons. The standard InChI is InChI=1S/C14H21N5/c1-4-10(2)9-11(3)19-14(16-17-18-19)12-5-7-13(15)8-6-12/h5-8,10-11H,4,9,15H2,1-3H3. The van der Waals surface area contributed by atoms with Gasteiger partial charge in [0.25, 0.3) is 0 Å². The molecular formula is C14H21N5. The lowest BCUT2D eigenvalue weighted by molar-refractivity contribution is 0.371. The molecule has 0 aliphatic carbocycles. The number of tetrazole rings is 1. The Balaban J connectivity index is 2.24. The van der Waals surface area contributed by atoms with Gasteiger partial charge in [0.1, 0.15) is 0 Å². The van der Waals surface area contributed by atoms with E-state index in [0.717, 1.165) is 23.5 Å². The van der Waals surface area contributed by atoms with Crippen molar-refractivity contribution in [3.05, 3.63) is 24.3 Å². The first-order chi connectivity index (χ1) is 9.11. The maximum atomic E-state index is 5.70. The van der Waals surface area contributed by atoms with Gasteiger partial charge in [-0.2, -0.15) is 0 Å². The van der Waals surface area contributed by atoms with Crippen molar-refractivity contribution in [3.8, 4) is 11.4 Å². The molecule has 2 atom stereocenters. The molecule has 0 saturated heterocycles. The highest BCUT2D eigenvalue weighted by Gasteiger charge is 2.16. The van der Waals surface area contributed by atoms with E-state index < -0.39 is 0 Å². The third-order valence-electron chi connectivity index (χ3n) is 3.52. The van der Waals surface area contributed by atoms with Gasteiger partial charge < -0.3 is 5.73 Å². The lowest BCUT2D eigenvalue weighted by atomic mass is 10.0. The van der Waals surface area contributed by atoms with E-state index in [1.165, 1.54) is 6.42 Å². The van der Waals surface area contributed by atoms with Crippen LogP contribution in [0.25, 0.3) is 11.4 Å². The van der Waals surface area contributed by atoms with Crippen LogP contribution in [-0.4, -0.2) is 20.2 Å². The van der Waals surface area contributed by atoms with Crippen LogP contribution < -0.4 is 5.73 Å². The lowest BCUT2D eigenvalue weighted by Crippen LogP contribution is -2.12. The van der Waals surface area contributed by atoms with E-state index in [1.54, 1.807) is 0 Å². The Bertz CT molecular complexity index is 517. The van der Waals surface area contributed by atoms with Crippen LogP contribution in [0.3, 0.4) is 0 Å². The molecule has 0 fully saturated rings. The SMILES string of the molecule is CCC(C)CC(C)n1nnnc1-c1ccc(N)cc1. The summed E-state index contributed by atoms with van der Waals surface area (Å²) in [5, 5.41) is 12.1. The molecule has 0 aliphatic heterocycles. The summed E-state index contributed by atoms with van der Waals surface area (Å²) in [5.74, 6) is 1.47. The molecule has 19 heavy (non-hydrogen) atoms. The second-order valence-corrected chi connectivity index (χ2v) is 5.17. The monoisotopic (exact) mass is 259 g/mol. The minimum Gasteiger partial charge on any atom is -0.399 e. The first-order valence-electron chi connectivity index (χ1n) is 6.75. The number of nitrogen functional groups attached to an aromatic ring is 1. The molecule has 0 radical (unpaired) electrons. The fourth-order valence-electron chi connectivity index (χ4n) is 2.16. The van der Waals surface area contributed by atoms with E-state index in [9.17, 15) is 0 Å². The highest BCUT2D eigenvalue weighted by atomic mass is 15.5. The van der Waals surface area contributed by atoms with E-state index in [2.05, 4.69) is 36.3 Å². The van der Waals surface area contributed by atoms with E-state index >= 15 is 0 Å². The van der Waals surface area contributed by atoms with Crippen LogP contribution in [0.1, 0.15) is 39.7 Å². The minimum absolute atomic E-state index is 0.289. The first kappa shape index (κ1) is 13.5. The van der Waals surface area contributed by atoms with Gasteiger partial charge >= 0.3 is 0 Å². The van der Waals surface area contributed by atoms with Crippen molar-refractivity contribution in [2.24, 2.45) is 5.92 Å². The smallest absolute Gasteiger partial charge is 0.182 e.